The van der Waals surface area contributed by atoms with Gasteiger partial charge in [-0.15, -0.1) is 0 Å². The van der Waals surface area contributed by atoms with Gasteiger partial charge in [0.25, 0.3) is 0 Å². The smallest absolute Gasteiger partial charge is 0.353 e. The fraction of sp³-hybridized carbons (Fsp3) is 0.167. The highest BCUT2D eigenvalue weighted by atomic mass is 16.6. The maximum Gasteiger partial charge on any atom is 0.353 e. The largest absolute Gasteiger partial charge is 0.477 e. The second-order valence-electron chi connectivity index (χ2n) is 2.92. The monoisotopic (exact) mass is 217 g/mol. The lowest BCUT2D eigenvalue weighted by atomic mass is 10.2. The Balaban J connectivity index is 2.40. The number of oxime groups is 1. The minimum Gasteiger partial charge on any atom is -0.477 e. The molecule has 1 N–H and O–H groups in total. The lowest BCUT2D eigenvalue weighted by Gasteiger charge is -1.92. The molecule has 0 saturated carbocycles. The fourth-order valence-corrected chi connectivity index (χ4v) is 0.860. The predicted molar refractivity (Wildman–Crippen MR) is 60.0 cm³/mol. The quantitative estimate of drug-likeness (QED) is 0.361. The van der Waals surface area contributed by atoms with Crippen LogP contribution in [0.1, 0.15) is 12.5 Å². The molecule has 0 spiro atoms. The van der Waals surface area contributed by atoms with E-state index in [2.05, 4.69) is 17.0 Å². The number of carbonyl (C=O) groups is 1. The first kappa shape index (κ1) is 11.8. The Hall–Kier alpha value is -2.28. The van der Waals surface area contributed by atoms with Crippen molar-refractivity contribution in [3.8, 4) is 11.8 Å². The molecule has 4 nitrogen and oxygen atoms in total. The molecule has 0 amide bonds. The Kier molecular flexibility index (Phi) is 4.61. The van der Waals surface area contributed by atoms with Crippen LogP contribution in [0, 0.1) is 11.8 Å². The van der Waals surface area contributed by atoms with Crippen molar-refractivity contribution in [1.29, 1.82) is 0 Å². The number of nitrogens with zero attached hydrogens (tertiary/aromatic N) is 1. The van der Waals surface area contributed by atoms with Gasteiger partial charge in [-0.25, -0.2) is 4.79 Å². The molecule has 0 atom stereocenters. The summed E-state index contributed by atoms with van der Waals surface area (Å²) >= 11 is 0. The average molecular weight is 217 g/mol. The van der Waals surface area contributed by atoms with E-state index in [-0.39, 0.29) is 12.3 Å². The molecule has 1 rings (SSSR count). The summed E-state index contributed by atoms with van der Waals surface area (Å²) < 4.78 is 0. The highest BCUT2D eigenvalue weighted by molar-refractivity contribution is 6.34. The minimum absolute atomic E-state index is 0.0690. The van der Waals surface area contributed by atoms with E-state index in [1.807, 2.05) is 30.3 Å². The molecule has 0 aromatic heterocycles. The van der Waals surface area contributed by atoms with Crippen LogP contribution in [-0.4, -0.2) is 23.4 Å². The second-order valence-corrected chi connectivity index (χ2v) is 2.92. The standard InChI is InChI=1S/C12H11NO3/c1-10(12(14)15)13-16-9-5-8-11-6-3-2-4-7-11/h2-4,6-7H,9H2,1H3,(H,14,15). The van der Waals surface area contributed by atoms with Crippen LogP contribution in [0.15, 0.2) is 35.5 Å². The van der Waals surface area contributed by atoms with Crippen LogP contribution < -0.4 is 0 Å². The van der Waals surface area contributed by atoms with Gasteiger partial charge < -0.3 is 9.94 Å². The Morgan fingerprint density at radius 3 is 2.75 bits per heavy atom. The van der Waals surface area contributed by atoms with Gasteiger partial charge in [0.2, 0.25) is 0 Å². The van der Waals surface area contributed by atoms with Gasteiger partial charge in [0.05, 0.1) is 0 Å². The van der Waals surface area contributed by atoms with Crippen LogP contribution in [0.5, 0.6) is 0 Å². The lowest BCUT2D eigenvalue weighted by Crippen LogP contribution is -2.08. The maximum atomic E-state index is 10.3. The summed E-state index contributed by atoms with van der Waals surface area (Å²) in [4.78, 5) is 15.0. The van der Waals surface area contributed by atoms with Gasteiger partial charge >= 0.3 is 5.97 Å². The van der Waals surface area contributed by atoms with Crippen molar-refractivity contribution in [2.75, 3.05) is 6.61 Å². The molecule has 16 heavy (non-hydrogen) atoms. The van der Waals surface area contributed by atoms with Gasteiger partial charge in [0.15, 0.2) is 12.3 Å². The van der Waals surface area contributed by atoms with Gasteiger partial charge in [0, 0.05) is 5.56 Å². The Bertz CT molecular complexity index is 440. The van der Waals surface area contributed by atoms with Crippen molar-refractivity contribution < 1.29 is 14.7 Å². The molecule has 1 aromatic rings. The van der Waals surface area contributed by atoms with E-state index in [4.69, 9.17) is 9.94 Å². The second kappa shape index (κ2) is 6.25. The van der Waals surface area contributed by atoms with Gasteiger partial charge in [-0.3, -0.25) is 0 Å². The normalized spacial score (nSPS) is 10.2. The molecular formula is C12H11NO3. The number of carboxylic acids is 1. The zero-order valence-electron chi connectivity index (χ0n) is 8.80. The zero-order chi connectivity index (χ0) is 11.8. The van der Waals surface area contributed by atoms with E-state index in [0.29, 0.717) is 0 Å². The van der Waals surface area contributed by atoms with E-state index in [1.165, 1.54) is 6.92 Å². The summed E-state index contributed by atoms with van der Waals surface area (Å²) in [5.41, 5.74) is 0.784. The number of benzene rings is 1. The topological polar surface area (TPSA) is 58.9 Å². The fourth-order valence-electron chi connectivity index (χ4n) is 0.860. The van der Waals surface area contributed by atoms with Crippen molar-refractivity contribution in [3.63, 3.8) is 0 Å². The van der Waals surface area contributed by atoms with E-state index in [0.717, 1.165) is 5.56 Å². The minimum atomic E-state index is -1.10. The summed E-state index contributed by atoms with van der Waals surface area (Å²) in [6, 6.07) is 9.43. The van der Waals surface area contributed by atoms with Crippen LogP contribution in [0.3, 0.4) is 0 Å². The molecule has 0 saturated heterocycles. The number of carboxylic acid groups (broad SMARTS) is 1. The van der Waals surface area contributed by atoms with Gasteiger partial charge in [0.1, 0.15) is 0 Å². The van der Waals surface area contributed by atoms with E-state index in [1.54, 1.807) is 0 Å². The van der Waals surface area contributed by atoms with E-state index in [9.17, 15) is 4.79 Å². The highest BCUT2D eigenvalue weighted by Gasteiger charge is 2.00. The number of hydrogen-bond donors (Lipinski definition) is 1. The van der Waals surface area contributed by atoms with Crippen LogP contribution >= 0.6 is 0 Å². The molecule has 0 heterocycles. The third-order valence-electron chi connectivity index (χ3n) is 1.65. The van der Waals surface area contributed by atoms with Gasteiger partial charge in [-0.1, -0.05) is 35.2 Å². The number of rotatable bonds is 3. The van der Waals surface area contributed by atoms with Gasteiger partial charge in [-0.2, -0.15) is 0 Å². The Morgan fingerprint density at radius 1 is 1.44 bits per heavy atom. The molecular weight excluding hydrogens is 206 g/mol. The van der Waals surface area contributed by atoms with E-state index >= 15 is 0 Å². The van der Waals surface area contributed by atoms with Gasteiger partial charge in [-0.05, 0) is 19.1 Å². The summed E-state index contributed by atoms with van der Waals surface area (Å²) in [5, 5.41) is 11.8. The molecule has 0 radical (unpaired) electrons. The zero-order valence-corrected chi connectivity index (χ0v) is 8.80. The summed E-state index contributed by atoms with van der Waals surface area (Å²) in [5.74, 6) is 4.48. The molecule has 82 valence electrons. The van der Waals surface area contributed by atoms with Crippen LogP contribution in [0.2, 0.25) is 0 Å². The SMILES string of the molecule is CC(=NOCC#Cc1ccccc1)C(=O)O. The van der Waals surface area contributed by atoms with Crippen molar-refractivity contribution in [1.82, 2.24) is 0 Å². The molecule has 0 aliphatic heterocycles. The van der Waals surface area contributed by atoms with Crippen LogP contribution in [0.4, 0.5) is 0 Å². The van der Waals surface area contributed by atoms with Crippen molar-refractivity contribution >= 4 is 11.7 Å². The summed E-state index contributed by atoms with van der Waals surface area (Å²) in [7, 11) is 0. The third kappa shape index (κ3) is 4.29. The molecule has 1 aromatic carbocycles. The number of hydrogen-bond acceptors (Lipinski definition) is 3. The molecule has 4 heteroatoms. The first-order valence-electron chi connectivity index (χ1n) is 4.64. The van der Waals surface area contributed by atoms with Crippen molar-refractivity contribution in [2.45, 2.75) is 6.92 Å². The van der Waals surface area contributed by atoms with Crippen molar-refractivity contribution in [3.05, 3.63) is 35.9 Å². The van der Waals surface area contributed by atoms with Crippen LogP contribution in [0.25, 0.3) is 0 Å². The molecule has 0 aliphatic rings. The van der Waals surface area contributed by atoms with Crippen LogP contribution in [-0.2, 0) is 9.63 Å². The molecule has 0 fully saturated rings. The third-order valence-corrected chi connectivity index (χ3v) is 1.65. The Morgan fingerprint density at radius 2 is 2.12 bits per heavy atom. The molecule has 0 bridgehead atoms. The molecule has 0 unspecified atom stereocenters. The Labute approximate surface area is 93.5 Å². The van der Waals surface area contributed by atoms with Crippen molar-refractivity contribution in [2.24, 2.45) is 5.16 Å². The first-order chi connectivity index (χ1) is 7.70. The predicted octanol–water partition coefficient (Wildman–Crippen LogP) is 1.52. The maximum absolute atomic E-state index is 10.3. The van der Waals surface area contributed by atoms with E-state index < -0.39 is 5.97 Å². The molecule has 0 aliphatic carbocycles. The average Bonchev–Trinajstić information content (AvgIpc) is 2.29. The highest BCUT2D eigenvalue weighted by Crippen LogP contribution is 1.94. The summed E-state index contributed by atoms with van der Waals surface area (Å²) in [6.07, 6.45) is 0. The lowest BCUT2D eigenvalue weighted by molar-refractivity contribution is -0.129. The first-order valence-corrected chi connectivity index (χ1v) is 4.64. The number of aliphatic carboxylic acids is 1. The summed E-state index contributed by atoms with van der Waals surface area (Å²) in [6.45, 7) is 1.42.